The van der Waals surface area contributed by atoms with Crippen molar-refractivity contribution in [2.75, 3.05) is 5.43 Å². The van der Waals surface area contributed by atoms with Gasteiger partial charge in [0.05, 0.1) is 17.5 Å². The first-order chi connectivity index (χ1) is 12.8. The Balaban J connectivity index is 1.80. The van der Waals surface area contributed by atoms with Crippen LogP contribution >= 0.6 is 11.3 Å². The van der Waals surface area contributed by atoms with Crippen molar-refractivity contribution in [1.82, 2.24) is 4.98 Å². The standard InChI is InChI=1S/C20H18F3N3S/c1-12-8-13(2)18(14(3)9-12)17-11-27-19(25-17)26-24-10-15-6-4-5-7-16(15)20(21,22)23/h4-11H,1-3H3,(H,25,26)/b24-10-. The monoisotopic (exact) mass is 389 g/mol. The number of rotatable bonds is 4. The van der Waals surface area contributed by atoms with Crippen LogP contribution in [-0.2, 0) is 6.18 Å². The Morgan fingerprint density at radius 1 is 1.07 bits per heavy atom. The lowest BCUT2D eigenvalue weighted by Crippen LogP contribution is -2.08. The molecule has 1 heterocycles. The highest BCUT2D eigenvalue weighted by Crippen LogP contribution is 2.32. The maximum absolute atomic E-state index is 13.0. The molecule has 0 saturated carbocycles. The Morgan fingerprint density at radius 2 is 1.74 bits per heavy atom. The Morgan fingerprint density at radius 3 is 2.41 bits per heavy atom. The first-order valence-electron chi connectivity index (χ1n) is 8.25. The molecule has 0 aliphatic heterocycles. The van der Waals surface area contributed by atoms with Gasteiger partial charge in [-0.05, 0) is 38.0 Å². The molecule has 2 aromatic carbocycles. The first-order valence-corrected chi connectivity index (χ1v) is 9.12. The molecule has 0 aliphatic carbocycles. The second-order valence-corrected chi connectivity index (χ2v) is 7.12. The molecule has 0 spiro atoms. The molecule has 3 aromatic rings. The zero-order valence-electron chi connectivity index (χ0n) is 15.1. The van der Waals surface area contributed by atoms with Gasteiger partial charge >= 0.3 is 6.18 Å². The summed E-state index contributed by atoms with van der Waals surface area (Å²) in [4.78, 5) is 4.51. The lowest BCUT2D eigenvalue weighted by Gasteiger charge is -2.09. The number of nitrogens with zero attached hydrogens (tertiary/aromatic N) is 2. The highest BCUT2D eigenvalue weighted by atomic mass is 32.1. The van der Waals surface area contributed by atoms with E-state index in [1.165, 1.54) is 29.0 Å². The van der Waals surface area contributed by atoms with Gasteiger partial charge in [-0.1, -0.05) is 35.9 Å². The number of anilines is 1. The molecular weight excluding hydrogens is 371 g/mol. The van der Waals surface area contributed by atoms with Gasteiger partial charge in [0.15, 0.2) is 0 Å². The van der Waals surface area contributed by atoms with Crippen molar-refractivity contribution in [3.8, 4) is 11.3 Å². The average Bonchev–Trinajstić information content (AvgIpc) is 3.02. The second kappa shape index (κ2) is 7.52. The Bertz CT molecular complexity index is 967. The van der Waals surface area contributed by atoms with Gasteiger partial charge in [-0.3, -0.25) is 5.43 Å². The molecule has 1 aromatic heterocycles. The second-order valence-electron chi connectivity index (χ2n) is 6.27. The summed E-state index contributed by atoms with van der Waals surface area (Å²) < 4.78 is 39.0. The fourth-order valence-corrected chi connectivity index (χ4v) is 3.70. The van der Waals surface area contributed by atoms with Crippen LogP contribution in [0.1, 0.15) is 27.8 Å². The van der Waals surface area contributed by atoms with E-state index >= 15 is 0 Å². The summed E-state index contributed by atoms with van der Waals surface area (Å²) in [5, 5.41) is 6.35. The van der Waals surface area contributed by atoms with Crippen LogP contribution in [0.3, 0.4) is 0 Å². The minimum atomic E-state index is -4.42. The minimum Gasteiger partial charge on any atom is -0.253 e. The third-order valence-electron chi connectivity index (χ3n) is 4.07. The van der Waals surface area contributed by atoms with E-state index in [0.29, 0.717) is 5.13 Å². The Hall–Kier alpha value is -2.67. The lowest BCUT2D eigenvalue weighted by molar-refractivity contribution is -0.137. The quantitative estimate of drug-likeness (QED) is 0.426. The van der Waals surface area contributed by atoms with Gasteiger partial charge in [0.2, 0.25) is 5.13 Å². The van der Waals surface area contributed by atoms with Gasteiger partial charge in [0, 0.05) is 16.5 Å². The molecular formula is C20H18F3N3S. The van der Waals surface area contributed by atoms with Crippen LogP contribution in [0.2, 0.25) is 0 Å². The summed E-state index contributed by atoms with van der Waals surface area (Å²) in [7, 11) is 0. The van der Waals surface area contributed by atoms with Crippen molar-refractivity contribution in [2.24, 2.45) is 5.10 Å². The minimum absolute atomic E-state index is 0.000460. The topological polar surface area (TPSA) is 37.3 Å². The van der Waals surface area contributed by atoms with E-state index in [2.05, 4.69) is 27.6 Å². The van der Waals surface area contributed by atoms with Crippen molar-refractivity contribution >= 4 is 22.7 Å². The van der Waals surface area contributed by atoms with Crippen LogP contribution in [0, 0.1) is 20.8 Å². The number of aromatic nitrogens is 1. The Labute approximate surface area is 159 Å². The van der Waals surface area contributed by atoms with Crippen LogP contribution in [0.4, 0.5) is 18.3 Å². The predicted octanol–water partition coefficient (Wildman–Crippen LogP) is 6.20. The smallest absolute Gasteiger partial charge is 0.253 e. The molecule has 0 saturated heterocycles. The van der Waals surface area contributed by atoms with Crippen LogP contribution in [0.25, 0.3) is 11.3 Å². The summed E-state index contributed by atoms with van der Waals surface area (Å²) >= 11 is 1.35. The fourth-order valence-electron chi connectivity index (χ4n) is 3.05. The summed E-state index contributed by atoms with van der Waals surface area (Å²) in [5.74, 6) is 0. The average molecular weight is 389 g/mol. The number of hydrogen-bond acceptors (Lipinski definition) is 4. The van der Waals surface area contributed by atoms with Gasteiger partial charge in [0.25, 0.3) is 0 Å². The number of hydrogen-bond donors (Lipinski definition) is 1. The van der Waals surface area contributed by atoms with Crippen LogP contribution in [0.15, 0.2) is 46.9 Å². The molecule has 0 amide bonds. The molecule has 0 unspecified atom stereocenters. The summed E-state index contributed by atoms with van der Waals surface area (Å²) in [6.45, 7) is 6.12. The van der Waals surface area contributed by atoms with E-state index in [1.54, 1.807) is 6.07 Å². The van der Waals surface area contributed by atoms with Gasteiger partial charge in [0.1, 0.15) is 0 Å². The number of aryl methyl sites for hydroxylation is 3. The van der Waals surface area contributed by atoms with Crippen molar-refractivity contribution in [1.29, 1.82) is 0 Å². The van der Waals surface area contributed by atoms with Crippen molar-refractivity contribution < 1.29 is 13.2 Å². The SMILES string of the molecule is Cc1cc(C)c(-c2csc(N/N=C\c3ccccc3C(F)(F)F)n2)c(C)c1. The van der Waals surface area contributed by atoms with Crippen LogP contribution in [-0.4, -0.2) is 11.2 Å². The van der Waals surface area contributed by atoms with E-state index in [4.69, 9.17) is 0 Å². The van der Waals surface area contributed by atoms with Crippen molar-refractivity contribution in [3.05, 3.63) is 69.6 Å². The molecule has 3 rings (SSSR count). The van der Waals surface area contributed by atoms with Crippen molar-refractivity contribution in [2.45, 2.75) is 26.9 Å². The molecule has 0 atom stereocenters. The third-order valence-corrected chi connectivity index (χ3v) is 4.81. The number of hydrazone groups is 1. The lowest BCUT2D eigenvalue weighted by atomic mass is 9.98. The van der Waals surface area contributed by atoms with Gasteiger partial charge in [-0.25, -0.2) is 4.98 Å². The summed E-state index contributed by atoms with van der Waals surface area (Å²) in [5.41, 5.74) is 7.34. The Kier molecular flexibility index (Phi) is 5.32. The molecule has 3 nitrogen and oxygen atoms in total. The van der Waals surface area contributed by atoms with Crippen molar-refractivity contribution in [3.63, 3.8) is 0 Å². The highest BCUT2D eigenvalue weighted by Gasteiger charge is 2.32. The molecule has 0 bridgehead atoms. The molecule has 7 heteroatoms. The van der Waals surface area contributed by atoms with Crippen LogP contribution < -0.4 is 5.43 Å². The molecule has 1 N–H and O–H groups in total. The summed E-state index contributed by atoms with van der Waals surface area (Å²) in [6, 6.07) is 9.50. The molecule has 0 aliphatic rings. The van der Waals surface area contributed by atoms with Gasteiger partial charge in [-0.2, -0.15) is 18.3 Å². The number of thiazole rings is 1. The van der Waals surface area contributed by atoms with E-state index in [0.717, 1.165) is 34.7 Å². The predicted molar refractivity (Wildman–Crippen MR) is 104 cm³/mol. The maximum Gasteiger partial charge on any atom is 0.417 e. The number of halogens is 3. The van der Waals surface area contributed by atoms with Gasteiger partial charge in [-0.15, -0.1) is 11.3 Å². The zero-order valence-corrected chi connectivity index (χ0v) is 15.9. The van der Waals surface area contributed by atoms with Gasteiger partial charge < -0.3 is 0 Å². The van der Waals surface area contributed by atoms with Crippen LogP contribution in [0.5, 0.6) is 0 Å². The van der Waals surface area contributed by atoms with E-state index in [-0.39, 0.29) is 5.56 Å². The molecule has 0 fully saturated rings. The zero-order chi connectivity index (χ0) is 19.6. The first kappa shape index (κ1) is 19.1. The maximum atomic E-state index is 13.0. The fraction of sp³-hybridized carbons (Fsp3) is 0.200. The number of nitrogens with one attached hydrogen (secondary N) is 1. The van der Waals surface area contributed by atoms with E-state index in [1.807, 2.05) is 26.2 Å². The van der Waals surface area contributed by atoms with E-state index in [9.17, 15) is 13.2 Å². The number of alkyl halides is 3. The molecule has 140 valence electrons. The highest BCUT2D eigenvalue weighted by molar-refractivity contribution is 7.14. The molecule has 0 radical (unpaired) electrons. The van der Waals surface area contributed by atoms with E-state index < -0.39 is 11.7 Å². The normalized spacial score (nSPS) is 11.9. The number of benzene rings is 2. The largest absolute Gasteiger partial charge is 0.417 e. The third kappa shape index (κ3) is 4.36. The molecule has 27 heavy (non-hydrogen) atoms. The summed E-state index contributed by atoms with van der Waals surface area (Å²) in [6.07, 6.45) is -3.26.